The van der Waals surface area contributed by atoms with E-state index in [1.165, 1.54) is 0 Å². The van der Waals surface area contributed by atoms with Gasteiger partial charge in [-0.3, -0.25) is 19.3 Å². The minimum Gasteiger partial charge on any atom is -0.338 e. The zero-order valence-electron chi connectivity index (χ0n) is 13.7. The predicted octanol–water partition coefficient (Wildman–Crippen LogP) is 2.08. The average molecular weight is 334 g/mol. The van der Waals surface area contributed by atoms with E-state index in [4.69, 9.17) is 4.98 Å². The maximum atomic E-state index is 12.7. The number of imidazole rings is 1. The fourth-order valence-corrected chi connectivity index (χ4v) is 3.17. The molecular formula is C18H18N6O. The van der Waals surface area contributed by atoms with Crippen molar-refractivity contribution in [3.05, 3.63) is 66.9 Å². The van der Waals surface area contributed by atoms with Crippen molar-refractivity contribution in [2.24, 2.45) is 0 Å². The zero-order valence-corrected chi connectivity index (χ0v) is 13.7. The summed E-state index contributed by atoms with van der Waals surface area (Å²) >= 11 is 0. The van der Waals surface area contributed by atoms with Crippen LogP contribution >= 0.6 is 0 Å². The Bertz CT molecular complexity index is 849. The number of amides is 1. The van der Waals surface area contributed by atoms with Crippen molar-refractivity contribution in [3.8, 4) is 5.82 Å². The second-order valence-corrected chi connectivity index (χ2v) is 6.10. The third-order valence-electron chi connectivity index (χ3n) is 4.46. The zero-order chi connectivity index (χ0) is 17.1. The van der Waals surface area contributed by atoms with E-state index in [1.54, 1.807) is 49.4 Å². The van der Waals surface area contributed by atoms with Gasteiger partial charge >= 0.3 is 0 Å². The van der Waals surface area contributed by atoms with E-state index < -0.39 is 0 Å². The number of nitrogens with zero attached hydrogens (tertiary/aromatic N) is 6. The Balaban J connectivity index is 1.54. The number of carbonyl (C=O) groups excluding carboxylic acids is 1. The van der Waals surface area contributed by atoms with Gasteiger partial charge in [0.15, 0.2) is 5.82 Å². The van der Waals surface area contributed by atoms with Gasteiger partial charge in [-0.2, -0.15) is 0 Å². The summed E-state index contributed by atoms with van der Waals surface area (Å²) in [5.41, 5.74) is 1.59. The summed E-state index contributed by atoms with van der Waals surface area (Å²) in [4.78, 5) is 31.6. The molecule has 0 saturated carbocycles. The number of aromatic nitrogens is 5. The highest BCUT2D eigenvalue weighted by molar-refractivity contribution is 5.94. The van der Waals surface area contributed by atoms with Gasteiger partial charge < -0.3 is 4.90 Å². The largest absolute Gasteiger partial charge is 0.338 e. The highest BCUT2D eigenvalue weighted by Crippen LogP contribution is 2.26. The van der Waals surface area contributed by atoms with E-state index in [0.717, 1.165) is 30.9 Å². The molecule has 25 heavy (non-hydrogen) atoms. The molecule has 7 nitrogen and oxygen atoms in total. The molecule has 0 N–H and O–H groups in total. The van der Waals surface area contributed by atoms with Crippen molar-refractivity contribution < 1.29 is 4.79 Å². The van der Waals surface area contributed by atoms with Crippen LogP contribution in [0.4, 0.5) is 0 Å². The first kappa shape index (κ1) is 15.4. The van der Waals surface area contributed by atoms with Crippen molar-refractivity contribution in [2.45, 2.75) is 18.8 Å². The van der Waals surface area contributed by atoms with Crippen LogP contribution in [0.3, 0.4) is 0 Å². The van der Waals surface area contributed by atoms with Gasteiger partial charge in [-0.1, -0.05) is 0 Å². The van der Waals surface area contributed by atoms with Crippen LogP contribution in [-0.2, 0) is 0 Å². The second-order valence-electron chi connectivity index (χ2n) is 6.10. The normalized spacial score (nSPS) is 17.4. The van der Waals surface area contributed by atoms with Crippen molar-refractivity contribution in [2.75, 3.05) is 13.1 Å². The molecule has 126 valence electrons. The van der Waals surface area contributed by atoms with E-state index in [0.29, 0.717) is 12.1 Å². The maximum Gasteiger partial charge on any atom is 0.253 e. The Hall–Kier alpha value is -3.09. The fourth-order valence-electron chi connectivity index (χ4n) is 3.17. The third-order valence-corrected chi connectivity index (χ3v) is 4.46. The summed E-state index contributed by atoms with van der Waals surface area (Å²) in [7, 11) is 0. The first-order valence-electron chi connectivity index (χ1n) is 8.31. The molecule has 1 amide bonds. The summed E-state index contributed by atoms with van der Waals surface area (Å²) in [6.45, 7) is 1.43. The van der Waals surface area contributed by atoms with Crippen LogP contribution in [0.5, 0.6) is 0 Å². The Morgan fingerprint density at radius 3 is 2.76 bits per heavy atom. The maximum absolute atomic E-state index is 12.7. The molecule has 1 atom stereocenters. The number of carbonyl (C=O) groups is 1. The van der Waals surface area contributed by atoms with Gasteiger partial charge in [0.2, 0.25) is 0 Å². The van der Waals surface area contributed by atoms with Gasteiger partial charge in [0.05, 0.1) is 11.9 Å². The van der Waals surface area contributed by atoms with Gasteiger partial charge in [0.25, 0.3) is 5.91 Å². The molecule has 1 saturated heterocycles. The SMILES string of the molecule is O=C(c1ccncc1)N1CCC[C@@H](c2cncc(-n3ccnc3)n2)C1. The van der Waals surface area contributed by atoms with Crippen LogP contribution in [0.15, 0.2) is 55.6 Å². The topological polar surface area (TPSA) is 76.8 Å². The van der Waals surface area contributed by atoms with Gasteiger partial charge in [0.1, 0.15) is 6.33 Å². The summed E-state index contributed by atoms with van der Waals surface area (Å²) in [6.07, 6.45) is 14.0. The van der Waals surface area contributed by atoms with Crippen LogP contribution in [0.2, 0.25) is 0 Å². The van der Waals surface area contributed by atoms with Crippen molar-refractivity contribution in [1.82, 2.24) is 29.4 Å². The number of rotatable bonds is 3. The van der Waals surface area contributed by atoms with Crippen molar-refractivity contribution in [3.63, 3.8) is 0 Å². The smallest absolute Gasteiger partial charge is 0.253 e. The van der Waals surface area contributed by atoms with Crippen molar-refractivity contribution >= 4 is 5.91 Å². The molecule has 0 radical (unpaired) electrons. The standard InChI is InChI=1S/C18H18N6O/c25-18(14-3-5-19-6-4-14)23-8-1-2-15(12-23)16-10-21-11-17(22-16)24-9-7-20-13-24/h3-7,9-11,13,15H,1-2,8,12H2/t15-/m1/s1. The van der Waals surface area contributed by atoms with Crippen LogP contribution in [0, 0.1) is 0 Å². The van der Waals surface area contributed by atoms with Gasteiger partial charge in [-0.25, -0.2) is 9.97 Å². The lowest BCUT2D eigenvalue weighted by atomic mass is 9.94. The molecule has 7 heteroatoms. The molecule has 1 aliphatic rings. The molecular weight excluding hydrogens is 316 g/mol. The Morgan fingerprint density at radius 1 is 1.08 bits per heavy atom. The number of hydrogen-bond acceptors (Lipinski definition) is 5. The van der Waals surface area contributed by atoms with Crippen molar-refractivity contribution in [1.29, 1.82) is 0 Å². The Morgan fingerprint density at radius 2 is 1.96 bits per heavy atom. The Labute approximate surface area is 145 Å². The van der Waals surface area contributed by atoms with E-state index in [-0.39, 0.29) is 11.8 Å². The quantitative estimate of drug-likeness (QED) is 0.733. The summed E-state index contributed by atoms with van der Waals surface area (Å²) in [5.74, 6) is 0.980. The molecule has 1 aliphatic heterocycles. The minimum atomic E-state index is 0.0471. The van der Waals surface area contributed by atoms with Crippen LogP contribution in [0.1, 0.15) is 34.8 Å². The molecule has 0 aliphatic carbocycles. The predicted molar refractivity (Wildman–Crippen MR) is 91.3 cm³/mol. The van der Waals surface area contributed by atoms with Gasteiger partial charge in [0, 0.05) is 55.6 Å². The van der Waals surface area contributed by atoms with E-state index >= 15 is 0 Å². The summed E-state index contributed by atoms with van der Waals surface area (Å²) in [6, 6.07) is 3.51. The van der Waals surface area contributed by atoms with Crippen LogP contribution in [-0.4, -0.2) is 48.4 Å². The lowest BCUT2D eigenvalue weighted by Gasteiger charge is -2.32. The monoisotopic (exact) mass is 334 g/mol. The van der Waals surface area contributed by atoms with E-state index in [2.05, 4.69) is 15.0 Å². The van der Waals surface area contributed by atoms with Gasteiger partial charge in [-0.05, 0) is 25.0 Å². The number of hydrogen-bond donors (Lipinski definition) is 0. The highest BCUT2D eigenvalue weighted by Gasteiger charge is 2.26. The molecule has 0 aromatic carbocycles. The molecule has 0 bridgehead atoms. The molecule has 0 spiro atoms. The average Bonchev–Trinajstić information content (AvgIpc) is 3.23. The van der Waals surface area contributed by atoms with E-state index in [9.17, 15) is 4.79 Å². The van der Waals surface area contributed by atoms with Crippen LogP contribution < -0.4 is 0 Å². The Kier molecular flexibility index (Phi) is 4.20. The van der Waals surface area contributed by atoms with Gasteiger partial charge in [-0.15, -0.1) is 0 Å². The molecule has 0 unspecified atom stereocenters. The number of likely N-dealkylation sites (tertiary alicyclic amines) is 1. The van der Waals surface area contributed by atoms with Crippen LogP contribution in [0.25, 0.3) is 5.82 Å². The lowest BCUT2D eigenvalue weighted by Crippen LogP contribution is -2.39. The molecule has 3 aromatic heterocycles. The fraction of sp³-hybridized carbons (Fsp3) is 0.278. The first-order chi connectivity index (χ1) is 12.3. The minimum absolute atomic E-state index is 0.0471. The molecule has 4 rings (SSSR count). The molecule has 4 heterocycles. The molecule has 3 aromatic rings. The second kappa shape index (κ2) is 6.80. The summed E-state index contributed by atoms with van der Waals surface area (Å²) < 4.78 is 1.83. The third kappa shape index (κ3) is 3.26. The highest BCUT2D eigenvalue weighted by atomic mass is 16.2. The number of pyridine rings is 1. The number of piperidine rings is 1. The molecule has 1 fully saturated rings. The first-order valence-corrected chi connectivity index (χ1v) is 8.31. The summed E-state index contributed by atoms with van der Waals surface area (Å²) in [5, 5.41) is 0. The van der Waals surface area contributed by atoms with E-state index in [1.807, 2.05) is 15.7 Å². The lowest BCUT2D eigenvalue weighted by molar-refractivity contribution is 0.0705.